The molecular formula is C19H19NO3S. The van der Waals surface area contributed by atoms with Crippen LogP contribution in [0.25, 0.3) is 0 Å². The SMILES string of the molecule is COc1ccccc1CN(Cc1cccs1)C(=O)c1occc1C. The smallest absolute Gasteiger partial charge is 0.290 e. The monoisotopic (exact) mass is 341 g/mol. The van der Waals surface area contributed by atoms with Crippen LogP contribution in [0.4, 0.5) is 0 Å². The van der Waals surface area contributed by atoms with E-state index in [0.717, 1.165) is 21.8 Å². The highest BCUT2D eigenvalue weighted by Crippen LogP contribution is 2.23. The molecule has 1 amide bonds. The number of ether oxygens (including phenoxy) is 1. The molecule has 0 aliphatic carbocycles. The lowest BCUT2D eigenvalue weighted by Gasteiger charge is -2.22. The van der Waals surface area contributed by atoms with E-state index in [1.54, 1.807) is 35.7 Å². The topological polar surface area (TPSA) is 42.7 Å². The van der Waals surface area contributed by atoms with E-state index >= 15 is 0 Å². The van der Waals surface area contributed by atoms with Gasteiger partial charge in [-0.15, -0.1) is 11.3 Å². The highest BCUT2D eigenvalue weighted by Gasteiger charge is 2.22. The summed E-state index contributed by atoms with van der Waals surface area (Å²) < 4.78 is 10.8. The summed E-state index contributed by atoms with van der Waals surface area (Å²) in [6.45, 7) is 2.87. The number of methoxy groups -OCH3 is 1. The van der Waals surface area contributed by atoms with E-state index in [-0.39, 0.29) is 5.91 Å². The molecule has 124 valence electrons. The van der Waals surface area contributed by atoms with Crippen molar-refractivity contribution in [1.82, 2.24) is 4.90 Å². The van der Waals surface area contributed by atoms with Crippen LogP contribution < -0.4 is 4.74 Å². The molecule has 2 heterocycles. The predicted octanol–water partition coefficient (Wildman–Crippen LogP) is 4.50. The molecular weight excluding hydrogens is 322 g/mol. The number of thiophene rings is 1. The average Bonchev–Trinajstić information content (AvgIpc) is 3.25. The van der Waals surface area contributed by atoms with Crippen LogP contribution in [0.3, 0.4) is 0 Å². The quantitative estimate of drug-likeness (QED) is 0.663. The normalized spacial score (nSPS) is 10.6. The molecule has 24 heavy (non-hydrogen) atoms. The number of hydrogen-bond acceptors (Lipinski definition) is 4. The first-order valence-corrected chi connectivity index (χ1v) is 8.54. The first-order chi connectivity index (χ1) is 11.7. The van der Waals surface area contributed by atoms with Crippen molar-refractivity contribution in [3.8, 4) is 5.75 Å². The summed E-state index contributed by atoms with van der Waals surface area (Å²) in [4.78, 5) is 15.9. The molecule has 3 rings (SSSR count). The van der Waals surface area contributed by atoms with Gasteiger partial charge in [0.25, 0.3) is 5.91 Å². The van der Waals surface area contributed by atoms with Crippen LogP contribution >= 0.6 is 11.3 Å². The van der Waals surface area contributed by atoms with Gasteiger partial charge in [0, 0.05) is 16.0 Å². The van der Waals surface area contributed by atoms with E-state index in [4.69, 9.17) is 9.15 Å². The van der Waals surface area contributed by atoms with E-state index in [0.29, 0.717) is 18.8 Å². The summed E-state index contributed by atoms with van der Waals surface area (Å²) in [7, 11) is 1.64. The van der Waals surface area contributed by atoms with Gasteiger partial charge in [0.05, 0.1) is 26.5 Å². The molecule has 0 saturated carbocycles. The fourth-order valence-electron chi connectivity index (χ4n) is 2.56. The fourth-order valence-corrected chi connectivity index (χ4v) is 3.28. The Labute approximate surface area is 145 Å². The minimum atomic E-state index is -0.114. The van der Waals surface area contributed by atoms with Crippen LogP contribution in [0.15, 0.2) is 58.5 Å². The number of rotatable bonds is 6. The summed E-state index contributed by atoms with van der Waals surface area (Å²) >= 11 is 1.63. The zero-order chi connectivity index (χ0) is 16.9. The van der Waals surface area contributed by atoms with E-state index in [9.17, 15) is 4.79 Å². The second-order valence-electron chi connectivity index (χ2n) is 5.49. The van der Waals surface area contributed by atoms with Crippen LogP contribution in [0, 0.1) is 6.92 Å². The molecule has 0 saturated heterocycles. The molecule has 0 aliphatic rings. The first kappa shape index (κ1) is 16.3. The van der Waals surface area contributed by atoms with Crippen LogP contribution in [-0.4, -0.2) is 17.9 Å². The van der Waals surface area contributed by atoms with E-state index in [1.165, 1.54) is 0 Å². The van der Waals surface area contributed by atoms with Crippen molar-refractivity contribution < 1.29 is 13.9 Å². The highest BCUT2D eigenvalue weighted by molar-refractivity contribution is 7.09. The molecule has 0 atom stereocenters. The summed E-state index contributed by atoms with van der Waals surface area (Å²) in [5, 5.41) is 2.01. The summed E-state index contributed by atoms with van der Waals surface area (Å²) in [6, 6.07) is 13.6. The molecule has 0 aliphatic heterocycles. The molecule has 5 heteroatoms. The van der Waals surface area contributed by atoms with Gasteiger partial charge in [-0.05, 0) is 30.5 Å². The summed E-state index contributed by atoms with van der Waals surface area (Å²) in [5.41, 5.74) is 1.81. The van der Waals surface area contributed by atoms with Gasteiger partial charge < -0.3 is 14.1 Å². The Morgan fingerprint density at radius 2 is 2.00 bits per heavy atom. The van der Waals surface area contributed by atoms with Gasteiger partial charge in [0.2, 0.25) is 0 Å². The molecule has 2 aromatic heterocycles. The van der Waals surface area contributed by atoms with Crippen molar-refractivity contribution in [3.63, 3.8) is 0 Å². The highest BCUT2D eigenvalue weighted by atomic mass is 32.1. The zero-order valence-electron chi connectivity index (χ0n) is 13.7. The Balaban J connectivity index is 1.90. The Hall–Kier alpha value is -2.53. The number of benzene rings is 1. The number of aryl methyl sites for hydroxylation is 1. The van der Waals surface area contributed by atoms with Crippen molar-refractivity contribution in [2.45, 2.75) is 20.0 Å². The number of carbonyl (C=O) groups is 1. The second-order valence-corrected chi connectivity index (χ2v) is 6.52. The average molecular weight is 341 g/mol. The Morgan fingerprint density at radius 1 is 1.17 bits per heavy atom. The summed E-state index contributed by atoms with van der Waals surface area (Å²) in [6.07, 6.45) is 1.55. The maximum absolute atomic E-state index is 13.0. The van der Waals surface area contributed by atoms with E-state index in [1.807, 2.05) is 48.7 Å². The Bertz CT molecular complexity index is 808. The third-order valence-electron chi connectivity index (χ3n) is 3.82. The fraction of sp³-hybridized carbons (Fsp3) is 0.211. The largest absolute Gasteiger partial charge is 0.496 e. The molecule has 3 aromatic rings. The van der Waals surface area contributed by atoms with Crippen molar-refractivity contribution >= 4 is 17.2 Å². The van der Waals surface area contributed by atoms with Gasteiger partial charge in [-0.1, -0.05) is 24.3 Å². The lowest BCUT2D eigenvalue weighted by atomic mass is 10.1. The molecule has 0 radical (unpaired) electrons. The van der Waals surface area contributed by atoms with Crippen LogP contribution in [0.5, 0.6) is 5.75 Å². The van der Waals surface area contributed by atoms with Gasteiger partial charge in [0.15, 0.2) is 5.76 Å². The maximum atomic E-state index is 13.0. The van der Waals surface area contributed by atoms with Crippen LogP contribution in [-0.2, 0) is 13.1 Å². The first-order valence-electron chi connectivity index (χ1n) is 7.66. The third-order valence-corrected chi connectivity index (χ3v) is 4.69. The molecule has 0 unspecified atom stereocenters. The maximum Gasteiger partial charge on any atom is 0.290 e. The van der Waals surface area contributed by atoms with E-state index < -0.39 is 0 Å². The minimum Gasteiger partial charge on any atom is -0.496 e. The molecule has 0 fully saturated rings. The van der Waals surface area contributed by atoms with Crippen LogP contribution in [0.1, 0.15) is 26.6 Å². The number of carbonyl (C=O) groups excluding carboxylic acids is 1. The van der Waals surface area contributed by atoms with Crippen molar-refractivity contribution in [3.05, 3.63) is 75.9 Å². The standard InChI is InChI=1S/C19H19NO3S/c1-14-9-10-23-18(14)19(21)20(13-16-7-5-11-24-16)12-15-6-3-4-8-17(15)22-2/h3-11H,12-13H2,1-2H3. The predicted molar refractivity (Wildman–Crippen MR) is 94.3 cm³/mol. The summed E-state index contributed by atoms with van der Waals surface area (Å²) in [5.74, 6) is 1.05. The van der Waals surface area contributed by atoms with Crippen molar-refractivity contribution in [1.29, 1.82) is 0 Å². The minimum absolute atomic E-state index is 0.114. The molecule has 0 N–H and O–H groups in total. The van der Waals surface area contributed by atoms with Crippen molar-refractivity contribution in [2.75, 3.05) is 7.11 Å². The Morgan fingerprint density at radius 3 is 2.67 bits per heavy atom. The third kappa shape index (κ3) is 3.51. The number of hydrogen-bond donors (Lipinski definition) is 0. The Kier molecular flexibility index (Phi) is 5.01. The van der Waals surface area contributed by atoms with Gasteiger partial charge in [0.1, 0.15) is 5.75 Å². The van der Waals surface area contributed by atoms with Crippen LogP contribution in [0.2, 0.25) is 0 Å². The van der Waals surface area contributed by atoms with Crippen molar-refractivity contribution in [2.24, 2.45) is 0 Å². The number of para-hydroxylation sites is 1. The molecule has 0 spiro atoms. The van der Waals surface area contributed by atoms with E-state index in [2.05, 4.69) is 0 Å². The van der Waals surface area contributed by atoms with Gasteiger partial charge >= 0.3 is 0 Å². The molecule has 0 bridgehead atoms. The number of furan rings is 1. The lowest BCUT2D eigenvalue weighted by molar-refractivity contribution is 0.0697. The van der Waals surface area contributed by atoms with Gasteiger partial charge in [-0.3, -0.25) is 4.79 Å². The zero-order valence-corrected chi connectivity index (χ0v) is 14.5. The second kappa shape index (κ2) is 7.36. The number of amides is 1. The molecule has 1 aromatic carbocycles. The van der Waals surface area contributed by atoms with Gasteiger partial charge in [-0.25, -0.2) is 0 Å². The lowest BCUT2D eigenvalue weighted by Crippen LogP contribution is -2.30. The molecule has 4 nitrogen and oxygen atoms in total. The number of nitrogens with zero attached hydrogens (tertiary/aromatic N) is 1. The van der Waals surface area contributed by atoms with Gasteiger partial charge in [-0.2, -0.15) is 0 Å².